The van der Waals surface area contributed by atoms with Gasteiger partial charge in [0.1, 0.15) is 0 Å². The van der Waals surface area contributed by atoms with Crippen LogP contribution in [0, 0.1) is 0 Å². The Balaban J connectivity index is 2.21. The molecule has 0 heterocycles. The van der Waals surface area contributed by atoms with Crippen molar-refractivity contribution in [1.82, 2.24) is 0 Å². The molecule has 0 spiro atoms. The first-order valence-electron chi connectivity index (χ1n) is 12.0. The lowest BCUT2D eigenvalue weighted by atomic mass is 9.78. The molecule has 0 aliphatic heterocycles. The van der Waals surface area contributed by atoms with Gasteiger partial charge in [-0.25, -0.2) is 0 Å². The zero-order chi connectivity index (χ0) is 29.3. The molecule has 0 radical (unpaired) electrons. The van der Waals surface area contributed by atoms with Gasteiger partial charge in [-0.3, -0.25) is 19.2 Å². The Labute approximate surface area is 261 Å². The first-order chi connectivity index (χ1) is 18.3. The molecule has 0 unspecified atom stereocenters. The lowest BCUT2D eigenvalue weighted by molar-refractivity contribution is -0.146. The Morgan fingerprint density at radius 3 is 1.15 bits per heavy atom. The van der Waals surface area contributed by atoms with Crippen molar-refractivity contribution in [3.05, 3.63) is 53.3 Å². The van der Waals surface area contributed by atoms with E-state index in [1.807, 2.05) is 38.1 Å². The monoisotopic (exact) mass is 796 g/mol. The van der Waals surface area contributed by atoms with Gasteiger partial charge in [-0.1, -0.05) is 13.8 Å². The maximum absolute atomic E-state index is 12.3. The van der Waals surface area contributed by atoms with Crippen LogP contribution in [0.4, 0.5) is 0 Å². The number of hydrogen-bond donors (Lipinski definition) is 0. The average molecular weight is 800 g/mol. The normalized spacial score (nSPS) is 11.1. The molecule has 0 saturated carbocycles. The van der Waals surface area contributed by atoms with Crippen molar-refractivity contribution in [2.75, 3.05) is 13.2 Å². The van der Waals surface area contributed by atoms with Crippen molar-refractivity contribution < 1.29 is 38.1 Å². The van der Waals surface area contributed by atoms with Crippen LogP contribution in [0.2, 0.25) is 0 Å². The molecular formula is C27H28Br4O8. The third-order valence-corrected chi connectivity index (χ3v) is 7.91. The minimum Gasteiger partial charge on any atom is -0.466 e. The van der Waals surface area contributed by atoms with E-state index in [0.29, 0.717) is 29.4 Å². The van der Waals surface area contributed by atoms with Crippen molar-refractivity contribution in [2.24, 2.45) is 0 Å². The summed E-state index contributed by atoms with van der Waals surface area (Å²) in [4.78, 5) is 47.6. The van der Waals surface area contributed by atoms with E-state index in [4.69, 9.17) is 18.9 Å². The van der Waals surface area contributed by atoms with Crippen LogP contribution in [0.5, 0.6) is 11.5 Å². The van der Waals surface area contributed by atoms with Crippen molar-refractivity contribution in [3.63, 3.8) is 0 Å². The second-order valence-electron chi connectivity index (χ2n) is 8.72. The second-order valence-corrected chi connectivity index (χ2v) is 12.1. The largest absolute Gasteiger partial charge is 0.466 e. The fourth-order valence-corrected chi connectivity index (χ4v) is 6.10. The van der Waals surface area contributed by atoms with Gasteiger partial charge in [0.05, 0.1) is 56.8 Å². The van der Waals surface area contributed by atoms with Gasteiger partial charge in [-0.2, -0.15) is 0 Å². The molecule has 0 amide bonds. The summed E-state index contributed by atoms with van der Waals surface area (Å²) in [6.07, 6.45) is -0.333. The van der Waals surface area contributed by atoms with Crippen LogP contribution in [0.15, 0.2) is 42.2 Å². The molecule has 0 aromatic heterocycles. The number of carbonyl (C=O) groups excluding carboxylic acids is 4. The van der Waals surface area contributed by atoms with Gasteiger partial charge in [-0.15, -0.1) is 0 Å². The topological polar surface area (TPSA) is 105 Å². The minimum absolute atomic E-state index is 0.0620. The highest BCUT2D eigenvalue weighted by Gasteiger charge is 2.28. The molecule has 212 valence electrons. The number of carbonyl (C=O) groups is 4. The summed E-state index contributed by atoms with van der Waals surface area (Å²) in [6, 6.07) is 7.40. The predicted molar refractivity (Wildman–Crippen MR) is 159 cm³/mol. The van der Waals surface area contributed by atoms with Crippen LogP contribution < -0.4 is 9.47 Å². The molecule has 0 bridgehead atoms. The molecule has 8 nitrogen and oxygen atoms in total. The lowest BCUT2D eigenvalue weighted by Crippen LogP contribution is -2.20. The van der Waals surface area contributed by atoms with Gasteiger partial charge < -0.3 is 18.9 Å². The highest BCUT2D eigenvalue weighted by Crippen LogP contribution is 2.44. The molecule has 0 N–H and O–H groups in total. The maximum atomic E-state index is 12.3. The van der Waals surface area contributed by atoms with Crippen molar-refractivity contribution in [1.29, 1.82) is 0 Å². The molecule has 0 aliphatic carbocycles. The van der Waals surface area contributed by atoms with Crippen LogP contribution in [0.3, 0.4) is 0 Å². The van der Waals surface area contributed by atoms with E-state index in [-0.39, 0.29) is 38.9 Å². The summed E-state index contributed by atoms with van der Waals surface area (Å²) in [6.45, 7) is 7.94. The van der Waals surface area contributed by atoms with Crippen molar-refractivity contribution >= 4 is 87.6 Å². The minimum atomic E-state index is -0.559. The van der Waals surface area contributed by atoms with E-state index in [1.165, 1.54) is 0 Å². The number of ether oxygens (including phenoxy) is 4. The smallest absolute Gasteiger partial charge is 0.311 e. The fourth-order valence-electron chi connectivity index (χ4n) is 3.41. The zero-order valence-electron chi connectivity index (χ0n) is 21.8. The summed E-state index contributed by atoms with van der Waals surface area (Å²) in [5.41, 5.74) is 1.26. The number of rotatable bonds is 12. The van der Waals surface area contributed by atoms with Crippen LogP contribution >= 0.6 is 63.7 Å². The maximum Gasteiger partial charge on any atom is 0.311 e. The fraction of sp³-hybridized carbons (Fsp3) is 0.407. The quantitative estimate of drug-likeness (QED) is 0.160. The first kappa shape index (κ1) is 33.4. The highest BCUT2D eigenvalue weighted by atomic mass is 79.9. The Morgan fingerprint density at radius 1 is 0.590 bits per heavy atom. The summed E-state index contributed by atoms with van der Waals surface area (Å²) in [5, 5.41) is 0. The lowest BCUT2D eigenvalue weighted by Gasteiger charge is -2.28. The Bertz CT molecular complexity index is 1100. The van der Waals surface area contributed by atoms with E-state index in [0.717, 1.165) is 11.1 Å². The van der Waals surface area contributed by atoms with Gasteiger partial charge >= 0.3 is 23.9 Å². The molecule has 2 aromatic rings. The van der Waals surface area contributed by atoms with Crippen molar-refractivity contribution in [2.45, 2.75) is 58.8 Å². The van der Waals surface area contributed by atoms with Gasteiger partial charge in [-0.05, 0) is 113 Å². The third kappa shape index (κ3) is 9.68. The zero-order valence-corrected chi connectivity index (χ0v) is 28.2. The molecule has 2 rings (SSSR count). The number of hydrogen-bond acceptors (Lipinski definition) is 8. The van der Waals surface area contributed by atoms with E-state index < -0.39 is 29.3 Å². The molecule has 0 saturated heterocycles. The van der Waals surface area contributed by atoms with E-state index in [2.05, 4.69) is 63.7 Å². The van der Waals surface area contributed by atoms with Gasteiger partial charge in [0, 0.05) is 5.41 Å². The Kier molecular flexibility index (Phi) is 13.1. The molecule has 39 heavy (non-hydrogen) atoms. The van der Waals surface area contributed by atoms with Crippen molar-refractivity contribution in [3.8, 4) is 11.5 Å². The second kappa shape index (κ2) is 15.3. The summed E-state index contributed by atoms with van der Waals surface area (Å²) < 4.78 is 22.9. The van der Waals surface area contributed by atoms with Gasteiger partial charge in [0.25, 0.3) is 0 Å². The van der Waals surface area contributed by atoms with Gasteiger partial charge in [0.15, 0.2) is 11.5 Å². The predicted octanol–water partition coefficient (Wildman–Crippen LogP) is 7.56. The first-order valence-corrected chi connectivity index (χ1v) is 15.2. The van der Waals surface area contributed by atoms with Crippen LogP contribution in [-0.2, 0) is 34.1 Å². The molecule has 12 heteroatoms. The number of esters is 4. The summed E-state index contributed by atoms with van der Waals surface area (Å²) in [5.74, 6) is -1.43. The summed E-state index contributed by atoms with van der Waals surface area (Å²) in [7, 11) is 0. The molecule has 0 aliphatic rings. The van der Waals surface area contributed by atoms with Crippen LogP contribution in [0.1, 0.15) is 64.5 Å². The molecular weight excluding hydrogens is 772 g/mol. The van der Waals surface area contributed by atoms with Gasteiger partial charge in [0.2, 0.25) is 0 Å². The number of halogens is 4. The third-order valence-electron chi connectivity index (χ3n) is 5.55. The standard InChI is InChI=1S/C27H28Br4O8/c1-5-36-21(32)7-9-23(34)38-25-17(28)11-15(12-18(25)29)27(3,4)16-13-19(30)26(20(31)14-16)39-24(35)10-8-22(33)37-6-2/h11-14H,5-10H2,1-4H3. The Morgan fingerprint density at radius 2 is 0.872 bits per heavy atom. The SMILES string of the molecule is CCOC(=O)CCC(=O)Oc1c(Br)cc(C(C)(C)c2cc(Br)c(OC(=O)CCC(=O)OCC)c(Br)c2)cc1Br. The van der Waals surface area contributed by atoms with E-state index in [1.54, 1.807) is 13.8 Å². The molecule has 0 atom stereocenters. The van der Waals surface area contributed by atoms with E-state index >= 15 is 0 Å². The molecule has 2 aromatic carbocycles. The van der Waals surface area contributed by atoms with Crippen LogP contribution in [-0.4, -0.2) is 37.1 Å². The number of benzene rings is 2. The van der Waals surface area contributed by atoms with Crippen LogP contribution in [0.25, 0.3) is 0 Å². The summed E-state index contributed by atoms with van der Waals surface area (Å²) >= 11 is 14.0. The molecule has 0 fully saturated rings. The highest BCUT2D eigenvalue weighted by molar-refractivity contribution is 9.11. The van der Waals surface area contributed by atoms with E-state index in [9.17, 15) is 19.2 Å². The Hall–Kier alpha value is -1.76. The average Bonchev–Trinajstić information content (AvgIpc) is 2.86.